The summed E-state index contributed by atoms with van der Waals surface area (Å²) < 4.78 is 5.08. The molecule has 1 aliphatic heterocycles. The first-order valence-electron chi connectivity index (χ1n) is 5.61. The molecule has 1 fully saturated rings. The van der Waals surface area contributed by atoms with Crippen molar-refractivity contribution in [1.29, 1.82) is 0 Å². The molecule has 2 unspecified atom stereocenters. The third kappa shape index (κ3) is 3.56. The Morgan fingerprint density at radius 1 is 1.57 bits per heavy atom. The normalized spacial score (nSPS) is 26.4. The van der Waals surface area contributed by atoms with E-state index in [1.165, 1.54) is 19.4 Å². The number of hydrogen-bond donors (Lipinski definition) is 1. The number of hydrogen-bond acceptors (Lipinski definition) is 3. The highest BCUT2D eigenvalue weighted by Gasteiger charge is 2.22. The van der Waals surface area contributed by atoms with E-state index in [-0.39, 0.29) is 0 Å². The van der Waals surface area contributed by atoms with Gasteiger partial charge in [-0.15, -0.1) is 0 Å². The Morgan fingerprint density at radius 3 is 3.00 bits per heavy atom. The predicted molar refractivity (Wildman–Crippen MR) is 57.3 cm³/mol. The molecule has 1 aliphatic rings. The average molecular weight is 201 g/mol. The van der Waals surface area contributed by atoms with Crippen molar-refractivity contribution in [2.24, 2.45) is 5.92 Å². The van der Waals surface area contributed by atoms with Crippen LogP contribution in [0.3, 0.4) is 0 Å². The topological polar surface area (TPSA) is 32.7 Å². The minimum Gasteiger partial charge on any atom is -0.396 e. The molecule has 1 N–H and O–H groups in total. The van der Waals surface area contributed by atoms with E-state index in [0.29, 0.717) is 18.6 Å². The molecule has 84 valence electrons. The van der Waals surface area contributed by atoms with Crippen molar-refractivity contribution in [3.8, 4) is 0 Å². The summed E-state index contributed by atoms with van der Waals surface area (Å²) in [5, 5.41) is 9.12. The lowest BCUT2D eigenvalue weighted by Gasteiger charge is -2.36. The molecule has 0 bridgehead atoms. The largest absolute Gasteiger partial charge is 0.396 e. The van der Waals surface area contributed by atoms with Crippen LogP contribution in [0.1, 0.15) is 26.2 Å². The molecule has 14 heavy (non-hydrogen) atoms. The molecule has 0 radical (unpaired) electrons. The lowest BCUT2D eigenvalue weighted by Crippen LogP contribution is -2.42. The first kappa shape index (κ1) is 12.0. The number of methoxy groups -OCH3 is 1. The summed E-state index contributed by atoms with van der Waals surface area (Å²) >= 11 is 0. The van der Waals surface area contributed by atoms with E-state index < -0.39 is 0 Å². The van der Waals surface area contributed by atoms with Gasteiger partial charge in [0, 0.05) is 32.9 Å². The zero-order chi connectivity index (χ0) is 10.4. The Kier molecular flexibility index (Phi) is 5.45. The van der Waals surface area contributed by atoms with Gasteiger partial charge in [-0.25, -0.2) is 0 Å². The summed E-state index contributed by atoms with van der Waals surface area (Å²) in [6, 6.07) is 0.587. The number of ether oxygens (including phenoxy) is 1. The number of piperidine rings is 1. The van der Waals surface area contributed by atoms with Crippen LogP contribution in [0.2, 0.25) is 0 Å². The second kappa shape index (κ2) is 6.38. The second-order valence-corrected chi connectivity index (χ2v) is 4.32. The molecular formula is C11H23NO2. The van der Waals surface area contributed by atoms with Gasteiger partial charge in [-0.2, -0.15) is 0 Å². The third-order valence-electron chi connectivity index (χ3n) is 3.17. The first-order chi connectivity index (χ1) is 6.77. The molecule has 0 aliphatic carbocycles. The number of aliphatic hydroxyl groups is 1. The molecule has 3 heteroatoms. The molecule has 0 aromatic carbocycles. The van der Waals surface area contributed by atoms with E-state index in [1.807, 2.05) is 0 Å². The molecule has 0 aromatic heterocycles. The van der Waals surface area contributed by atoms with Gasteiger partial charge >= 0.3 is 0 Å². The fraction of sp³-hybridized carbons (Fsp3) is 1.00. The minimum atomic E-state index is 0.341. The second-order valence-electron chi connectivity index (χ2n) is 4.32. The Balaban J connectivity index is 2.27. The van der Waals surface area contributed by atoms with Crippen LogP contribution in [-0.4, -0.2) is 49.5 Å². The van der Waals surface area contributed by atoms with Crippen molar-refractivity contribution >= 4 is 0 Å². The van der Waals surface area contributed by atoms with Crippen LogP contribution in [-0.2, 0) is 4.74 Å². The van der Waals surface area contributed by atoms with Gasteiger partial charge in [0.1, 0.15) is 0 Å². The molecule has 1 saturated heterocycles. The van der Waals surface area contributed by atoms with Gasteiger partial charge in [0.15, 0.2) is 0 Å². The van der Waals surface area contributed by atoms with Crippen LogP contribution < -0.4 is 0 Å². The molecule has 0 saturated carbocycles. The smallest absolute Gasteiger partial charge is 0.0477 e. The highest BCUT2D eigenvalue weighted by molar-refractivity contribution is 4.76. The number of aliphatic hydroxyl groups excluding tert-OH is 1. The number of likely N-dealkylation sites (tertiary alicyclic amines) is 1. The molecule has 1 heterocycles. The van der Waals surface area contributed by atoms with Crippen molar-refractivity contribution in [2.45, 2.75) is 32.2 Å². The SMILES string of the molecule is COCCC(C)N1CCCC(CO)C1. The van der Waals surface area contributed by atoms with E-state index in [1.54, 1.807) is 7.11 Å². The highest BCUT2D eigenvalue weighted by Crippen LogP contribution is 2.18. The van der Waals surface area contributed by atoms with Gasteiger partial charge in [0.25, 0.3) is 0 Å². The van der Waals surface area contributed by atoms with E-state index in [2.05, 4.69) is 11.8 Å². The Labute approximate surface area is 87.1 Å². The minimum absolute atomic E-state index is 0.341. The van der Waals surface area contributed by atoms with Crippen LogP contribution in [0.25, 0.3) is 0 Å². The lowest BCUT2D eigenvalue weighted by atomic mass is 9.97. The summed E-state index contributed by atoms with van der Waals surface area (Å²) in [5.41, 5.74) is 0. The molecule has 2 atom stereocenters. The molecule has 1 rings (SSSR count). The van der Waals surface area contributed by atoms with Crippen LogP contribution in [0, 0.1) is 5.92 Å². The first-order valence-corrected chi connectivity index (χ1v) is 5.61. The molecule has 0 amide bonds. The third-order valence-corrected chi connectivity index (χ3v) is 3.17. The van der Waals surface area contributed by atoms with Crippen LogP contribution in [0.15, 0.2) is 0 Å². The van der Waals surface area contributed by atoms with E-state index in [0.717, 1.165) is 19.6 Å². The van der Waals surface area contributed by atoms with Crippen molar-refractivity contribution in [1.82, 2.24) is 4.90 Å². The van der Waals surface area contributed by atoms with Gasteiger partial charge in [-0.05, 0) is 38.6 Å². The van der Waals surface area contributed by atoms with E-state index >= 15 is 0 Å². The Morgan fingerprint density at radius 2 is 2.36 bits per heavy atom. The lowest BCUT2D eigenvalue weighted by molar-refractivity contribution is 0.0766. The van der Waals surface area contributed by atoms with Gasteiger partial charge in [-0.3, -0.25) is 0 Å². The Hall–Kier alpha value is -0.120. The Bertz CT molecular complexity index is 152. The quantitative estimate of drug-likeness (QED) is 0.723. The van der Waals surface area contributed by atoms with Crippen LogP contribution >= 0.6 is 0 Å². The van der Waals surface area contributed by atoms with Crippen molar-refractivity contribution in [2.75, 3.05) is 33.4 Å². The highest BCUT2D eigenvalue weighted by atomic mass is 16.5. The standard InChI is InChI=1S/C11H23NO2/c1-10(5-7-14-2)12-6-3-4-11(8-12)9-13/h10-11,13H,3-9H2,1-2H3. The maximum atomic E-state index is 9.12. The van der Waals surface area contributed by atoms with Gasteiger partial charge in [-0.1, -0.05) is 0 Å². The summed E-state index contributed by atoms with van der Waals surface area (Å²) in [6.07, 6.45) is 3.50. The monoisotopic (exact) mass is 201 g/mol. The zero-order valence-corrected chi connectivity index (χ0v) is 9.41. The summed E-state index contributed by atoms with van der Waals surface area (Å²) in [5.74, 6) is 0.494. The molecule has 0 aromatic rings. The fourth-order valence-corrected chi connectivity index (χ4v) is 2.12. The summed E-state index contributed by atoms with van der Waals surface area (Å²) in [7, 11) is 1.75. The van der Waals surface area contributed by atoms with Gasteiger partial charge in [0.05, 0.1) is 0 Å². The van der Waals surface area contributed by atoms with Gasteiger partial charge < -0.3 is 14.7 Å². The van der Waals surface area contributed by atoms with Crippen LogP contribution in [0.4, 0.5) is 0 Å². The fourth-order valence-electron chi connectivity index (χ4n) is 2.12. The van der Waals surface area contributed by atoms with Gasteiger partial charge in [0.2, 0.25) is 0 Å². The predicted octanol–water partition coefficient (Wildman–Crippen LogP) is 1.12. The van der Waals surface area contributed by atoms with Crippen molar-refractivity contribution in [3.05, 3.63) is 0 Å². The van der Waals surface area contributed by atoms with E-state index in [4.69, 9.17) is 9.84 Å². The average Bonchev–Trinajstić information content (AvgIpc) is 2.26. The van der Waals surface area contributed by atoms with Crippen molar-refractivity contribution in [3.63, 3.8) is 0 Å². The maximum Gasteiger partial charge on any atom is 0.0477 e. The molecule has 3 nitrogen and oxygen atoms in total. The zero-order valence-electron chi connectivity index (χ0n) is 9.41. The maximum absolute atomic E-state index is 9.12. The van der Waals surface area contributed by atoms with Crippen molar-refractivity contribution < 1.29 is 9.84 Å². The summed E-state index contributed by atoms with van der Waals surface area (Å²) in [4.78, 5) is 2.48. The molecular weight excluding hydrogens is 178 g/mol. The molecule has 0 spiro atoms. The summed E-state index contributed by atoms with van der Waals surface area (Å²) in [6.45, 7) is 5.66. The number of rotatable bonds is 5. The number of nitrogens with zero attached hydrogens (tertiary/aromatic N) is 1. The van der Waals surface area contributed by atoms with E-state index in [9.17, 15) is 0 Å². The van der Waals surface area contributed by atoms with Crippen LogP contribution in [0.5, 0.6) is 0 Å².